The van der Waals surface area contributed by atoms with Gasteiger partial charge in [-0.3, -0.25) is 4.99 Å². The maximum atomic E-state index is 6.03. The minimum Gasteiger partial charge on any atom is -0.495 e. The van der Waals surface area contributed by atoms with Crippen LogP contribution in [-0.2, 0) is 0 Å². The van der Waals surface area contributed by atoms with Crippen LogP contribution in [0.25, 0.3) is 0 Å². The summed E-state index contributed by atoms with van der Waals surface area (Å²) in [6.07, 6.45) is 6.74. The number of aliphatic imine (C=N–C) groups is 1. The molecule has 6 heteroatoms. The summed E-state index contributed by atoms with van der Waals surface area (Å²) in [6.45, 7) is 0. The first-order valence-corrected chi connectivity index (χ1v) is 7.76. The van der Waals surface area contributed by atoms with Crippen molar-refractivity contribution in [2.45, 2.75) is 12.3 Å². The molecule has 1 N–H and O–H groups in total. The van der Waals surface area contributed by atoms with Gasteiger partial charge >= 0.3 is 0 Å². The van der Waals surface area contributed by atoms with E-state index in [9.17, 15) is 0 Å². The van der Waals surface area contributed by atoms with Gasteiger partial charge in [0.25, 0.3) is 0 Å². The Balaban J connectivity index is 1.80. The van der Waals surface area contributed by atoms with E-state index in [2.05, 4.69) is 26.7 Å². The second-order valence-corrected chi connectivity index (χ2v) is 5.87. The lowest BCUT2D eigenvalue weighted by Crippen LogP contribution is -2.02. The van der Waals surface area contributed by atoms with Gasteiger partial charge in [0.15, 0.2) is 5.13 Å². The first-order chi connectivity index (χ1) is 10.3. The molecule has 4 nitrogen and oxygen atoms in total. The molecule has 1 aliphatic heterocycles. The van der Waals surface area contributed by atoms with Crippen LogP contribution in [0, 0.1) is 0 Å². The average molecular weight is 320 g/mol. The molecule has 21 heavy (non-hydrogen) atoms. The van der Waals surface area contributed by atoms with Gasteiger partial charge in [0.05, 0.1) is 18.5 Å². The van der Waals surface area contributed by atoms with Crippen LogP contribution >= 0.6 is 22.9 Å². The smallest absolute Gasteiger partial charge is 0.187 e. The number of allylic oxidation sites excluding steroid dienone is 1. The van der Waals surface area contributed by atoms with E-state index in [0.29, 0.717) is 5.02 Å². The Morgan fingerprint density at radius 3 is 3.10 bits per heavy atom. The standard InChI is InChI=1S/C15H14ClN3OS/c1-20-14-5-4-11(16)7-12(14)18-15-19-13(9-21-15)10-3-2-6-17-8-10/h2,4-10H,3H2,1H3,(H,18,19). The number of benzene rings is 1. The number of hydrogen-bond acceptors (Lipinski definition) is 5. The van der Waals surface area contributed by atoms with E-state index in [1.54, 1.807) is 24.5 Å². The van der Waals surface area contributed by atoms with Gasteiger partial charge in [-0.15, -0.1) is 11.3 Å². The van der Waals surface area contributed by atoms with Gasteiger partial charge in [-0.1, -0.05) is 17.7 Å². The molecule has 1 aromatic carbocycles. The zero-order valence-electron chi connectivity index (χ0n) is 11.4. The van der Waals surface area contributed by atoms with Crippen LogP contribution in [-0.4, -0.2) is 18.3 Å². The number of nitrogens with zero attached hydrogens (tertiary/aromatic N) is 2. The van der Waals surface area contributed by atoms with Crippen LogP contribution in [0.3, 0.4) is 0 Å². The van der Waals surface area contributed by atoms with E-state index in [1.165, 1.54) is 0 Å². The van der Waals surface area contributed by atoms with Crippen molar-refractivity contribution in [1.29, 1.82) is 0 Å². The van der Waals surface area contributed by atoms with Crippen molar-refractivity contribution in [3.05, 3.63) is 46.6 Å². The Morgan fingerprint density at radius 1 is 1.43 bits per heavy atom. The van der Waals surface area contributed by atoms with E-state index in [1.807, 2.05) is 24.5 Å². The molecule has 1 atom stereocenters. The fraction of sp³-hybridized carbons (Fsp3) is 0.200. The summed E-state index contributed by atoms with van der Waals surface area (Å²) >= 11 is 7.59. The zero-order valence-corrected chi connectivity index (χ0v) is 13.0. The molecule has 0 saturated heterocycles. The van der Waals surface area contributed by atoms with Crippen LogP contribution in [0.15, 0.2) is 40.8 Å². The van der Waals surface area contributed by atoms with Gasteiger partial charge in [-0.25, -0.2) is 4.98 Å². The van der Waals surface area contributed by atoms with Crippen molar-refractivity contribution < 1.29 is 4.74 Å². The fourth-order valence-electron chi connectivity index (χ4n) is 2.09. The maximum Gasteiger partial charge on any atom is 0.187 e. The summed E-state index contributed by atoms with van der Waals surface area (Å²) in [6, 6.07) is 5.45. The lowest BCUT2D eigenvalue weighted by molar-refractivity contribution is 0.417. The van der Waals surface area contributed by atoms with E-state index in [0.717, 1.165) is 28.7 Å². The summed E-state index contributed by atoms with van der Waals surface area (Å²) in [7, 11) is 1.63. The quantitative estimate of drug-likeness (QED) is 0.894. The number of halogens is 1. The van der Waals surface area contributed by atoms with Crippen LogP contribution in [0.5, 0.6) is 5.75 Å². The normalized spacial score (nSPS) is 17.0. The first-order valence-electron chi connectivity index (χ1n) is 6.50. The Morgan fingerprint density at radius 2 is 2.33 bits per heavy atom. The molecule has 0 spiro atoms. The van der Waals surface area contributed by atoms with Gasteiger partial charge in [0.2, 0.25) is 0 Å². The molecular formula is C15H14ClN3OS. The molecule has 0 aliphatic carbocycles. The Bertz CT molecular complexity index is 696. The highest BCUT2D eigenvalue weighted by molar-refractivity contribution is 7.13. The lowest BCUT2D eigenvalue weighted by atomic mass is 10.0. The third-order valence-electron chi connectivity index (χ3n) is 3.15. The molecule has 0 amide bonds. The minimum atomic E-state index is 0.253. The van der Waals surface area contributed by atoms with Crippen molar-refractivity contribution in [3.8, 4) is 5.75 Å². The number of hydrogen-bond donors (Lipinski definition) is 1. The highest BCUT2D eigenvalue weighted by Crippen LogP contribution is 2.33. The number of rotatable bonds is 4. The van der Waals surface area contributed by atoms with Crippen molar-refractivity contribution >= 4 is 40.0 Å². The van der Waals surface area contributed by atoms with E-state index in [4.69, 9.17) is 16.3 Å². The monoisotopic (exact) mass is 319 g/mol. The summed E-state index contributed by atoms with van der Waals surface area (Å²) in [5.74, 6) is 0.987. The van der Waals surface area contributed by atoms with Crippen molar-refractivity contribution in [3.63, 3.8) is 0 Å². The molecule has 108 valence electrons. The first kappa shape index (κ1) is 14.1. The molecule has 2 aromatic rings. The summed E-state index contributed by atoms with van der Waals surface area (Å²) < 4.78 is 5.32. The second kappa shape index (κ2) is 6.28. The maximum absolute atomic E-state index is 6.03. The number of aromatic nitrogens is 1. The number of anilines is 2. The fourth-order valence-corrected chi connectivity index (χ4v) is 3.05. The highest BCUT2D eigenvalue weighted by atomic mass is 35.5. The van der Waals surface area contributed by atoms with E-state index in [-0.39, 0.29) is 5.92 Å². The Labute approximate surface area is 132 Å². The molecule has 1 aromatic heterocycles. The number of nitrogens with one attached hydrogen (secondary N) is 1. The predicted octanol–water partition coefficient (Wildman–Crippen LogP) is 4.62. The molecule has 0 bridgehead atoms. The van der Waals surface area contributed by atoms with Gasteiger partial charge in [0.1, 0.15) is 5.75 Å². The van der Waals surface area contributed by atoms with Gasteiger partial charge in [-0.2, -0.15) is 0 Å². The average Bonchev–Trinajstić information content (AvgIpc) is 2.97. The summed E-state index contributed by atoms with van der Waals surface area (Å²) in [4.78, 5) is 8.79. The molecular weight excluding hydrogens is 306 g/mol. The second-order valence-electron chi connectivity index (χ2n) is 4.57. The third kappa shape index (κ3) is 3.25. The van der Waals surface area contributed by atoms with Gasteiger partial charge < -0.3 is 10.1 Å². The predicted molar refractivity (Wildman–Crippen MR) is 88.4 cm³/mol. The van der Waals surface area contributed by atoms with Crippen LogP contribution in [0.4, 0.5) is 10.8 Å². The summed E-state index contributed by atoms with van der Waals surface area (Å²) in [5.41, 5.74) is 1.83. The zero-order chi connectivity index (χ0) is 14.7. The number of thiazole rings is 1. The number of methoxy groups -OCH3 is 1. The molecule has 1 aliphatic rings. The van der Waals surface area contributed by atoms with Crippen molar-refractivity contribution in [2.24, 2.45) is 4.99 Å². The molecule has 0 fully saturated rings. The largest absolute Gasteiger partial charge is 0.495 e. The third-order valence-corrected chi connectivity index (χ3v) is 4.16. The van der Waals surface area contributed by atoms with E-state index < -0.39 is 0 Å². The van der Waals surface area contributed by atoms with Crippen LogP contribution < -0.4 is 10.1 Å². The van der Waals surface area contributed by atoms with Crippen LogP contribution in [0.1, 0.15) is 18.0 Å². The van der Waals surface area contributed by atoms with Crippen molar-refractivity contribution in [2.75, 3.05) is 12.4 Å². The molecule has 3 rings (SSSR count). The molecule has 1 unspecified atom stereocenters. The minimum absolute atomic E-state index is 0.253. The van der Waals surface area contributed by atoms with E-state index >= 15 is 0 Å². The van der Waals surface area contributed by atoms with Crippen molar-refractivity contribution in [1.82, 2.24) is 4.98 Å². The molecule has 0 radical (unpaired) electrons. The Kier molecular flexibility index (Phi) is 4.22. The Hall–Kier alpha value is -1.85. The topological polar surface area (TPSA) is 46.5 Å². The van der Waals surface area contributed by atoms with Crippen LogP contribution in [0.2, 0.25) is 5.02 Å². The lowest BCUT2D eigenvalue weighted by Gasteiger charge is -2.10. The highest BCUT2D eigenvalue weighted by Gasteiger charge is 2.14. The van der Waals surface area contributed by atoms with Gasteiger partial charge in [0, 0.05) is 28.7 Å². The number of ether oxygens (including phenoxy) is 1. The van der Waals surface area contributed by atoms with Gasteiger partial charge in [-0.05, 0) is 24.6 Å². The molecule has 0 saturated carbocycles. The molecule has 2 heterocycles. The summed E-state index contributed by atoms with van der Waals surface area (Å²) in [5, 5.41) is 6.78. The SMILES string of the molecule is COc1ccc(Cl)cc1Nc1nc(C2C=NC=CC2)cs1.